The van der Waals surface area contributed by atoms with E-state index in [1.165, 1.54) is 10.8 Å². The van der Waals surface area contributed by atoms with E-state index in [0.717, 1.165) is 127 Å². The quantitative estimate of drug-likeness (QED) is 0.151. The largest absolute Gasteiger partial charge is 0.456 e. The van der Waals surface area contributed by atoms with Crippen LogP contribution < -0.4 is 0 Å². The van der Waals surface area contributed by atoms with Gasteiger partial charge in [-0.3, -0.25) is 4.98 Å². The van der Waals surface area contributed by atoms with Crippen molar-refractivity contribution in [3.63, 3.8) is 0 Å². The number of aromatic nitrogens is 6. The Morgan fingerprint density at radius 3 is 1.39 bits per heavy atom. The molecule has 0 fully saturated rings. The smallest absolute Gasteiger partial charge is 0.166 e. The van der Waals surface area contributed by atoms with Crippen LogP contribution in [0.25, 0.3) is 144 Å². The molecule has 8 nitrogen and oxygen atoms in total. The average molecular weight is 987 g/mol. The van der Waals surface area contributed by atoms with E-state index in [1.807, 2.05) is 66.9 Å². The van der Waals surface area contributed by atoms with E-state index in [2.05, 4.69) is 185 Å². The number of hydrogen-bond acceptors (Lipinski definition) is 6. The van der Waals surface area contributed by atoms with Crippen LogP contribution in [0.2, 0.25) is 0 Å². The third-order valence-electron chi connectivity index (χ3n) is 15.2. The van der Waals surface area contributed by atoms with Crippen molar-refractivity contribution in [1.82, 2.24) is 29.1 Å². The molecule has 0 atom stereocenters. The Morgan fingerprint density at radius 1 is 0.351 bits per heavy atom. The lowest BCUT2D eigenvalue weighted by Gasteiger charge is -2.14. The summed E-state index contributed by atoms with van der Waals surface area (Å²) in [6.07, 6.45) is 2.57. The van der Waals surface area contributed by atoms with E-state index < -0.39 is 0 Å². The Kier molecular flexibility index (Phi) is 9.53. The van der Waals surface area contributed by atoms with Crippen LogP contribution in [-0.2, 0) is 6.42 Å². The van der Waals surface area contributed by atoms with Crippen molar-refractivity contribution in [2.45, 2.75) is 6.42 Å². The Bertz CT molecular complexity index is 4940. The Balaban J connectivity index is 0.967. The van der Waals surface area contributed by atoms with Crippen LogP contribution in [0, 0.1) is 0 Å². The van der Waals surface area contributed by atoms with Gasteiger partial charge in [0.05, 0.1) is 38.5 Å². The van der Waals surface area contributed by atoms with Crippen molar-refractivity contribution in [3.05, 3.63) is 254 Å². The minimum Gasteiger partial charge on any atom is -0.456 e. The van der Waals surface area contributed by atoms with Crippen LogP contribution in [0.4, 0.5) is 0 Å². The third kappa shape index (κ3) is 6.72. The van der Waals surface area contributed by atoms with Gasteiger partial charge in [-0.05, 0) is 96.4 Å². The van der Waals surface area contributed by atoms with Gasteiger partial charge in [-0.1, -0.05) is 158 Å². The summed E-state index contributed by atoms with van der Waals surface area (Å²) < 4.78 is 18.4. The Morgan fingerprint density at radius 2 is 0.818 bits per heavy atom. The summed E-state index contributed by atoms with van der Waals surface area (Å²) in [4.78, 5) is 21.4. The minimum absolute atomic E-state index is 0.511. The van der Waals surface area contributed by atoms with Gasteiger partial charge in [0.1, 0.15) is 22.3 Å². The summed E-state index contributed by atoms with van der Waals surface area (Å²) in [6, 6.07) is 82.3. The fourth-order valence-electron chi connectivity index (χ4n) is 12.0. The molecule has 8 heteroatoms. The molecular formula is C69H42N6O2. The molecule has 6 heterocycles. The molecule has 0 radical (unpaired) electrons. The molecule has 0 spiro atoms. The fourth-order valence-corrected chi connectivity index (χ4v) is 12.0. The van der Waals surface area contributed by atoms with Crippen LogP contribution >= 0.6 is 0 Å². The van der Waals surface area contributed by atoms with Gasteiger partial charge in [0.2, 0.25) is 0 Å². The molecule has 6 aromatic heterocycles. The lowest BCUT2D eigenvalue weighted by molar-refractivity contribution is 0.668. The fraction of sp³-hybridized carbons (Fsp3) is 0.0145. The zero-order valence-corrected chi connectivity index (χ0v) is 41.3. The molecule has 0 N–H and O–H groups in total. The van der Waals surface area contributed by atoms with Gasteiger partial charge >= 0.3 is 0 Å². The van der Waals surface area contributed by atoms with Gasteiger partial charge in [-0.2, -0.15) is 0 Å². The SMILES string of the molecule is c1ccc(-c2nc(-c3ccccc3)nc(-c3cc(Cc4cccc5oc6ccc7c8ccccc8n(-c8ccccc8)c7c6c45)cnc3-c3cccc4oc5ccc6c7ccccc7n(-c7ccccc7)c6c5c34)n2)cc1. The molecule has 10 aromatic carbocycles. The summed E-state index contributed by atoms with van der Waals surface area (Å²) in [6.45, 7) is 0. The van der Waals surface area contributed by atoms with Crippen LogP contribution in [0.15, 0.2) is 252 Å². The summed E-state index contributed by atoms with van der Waals surface area (Å²) in [5.74, 6) is 1.65. The molecule has 360 valence electrons. The maximum absolute atomic E-state index is 6.87. The molecular weight excluding hydrogens is 945 g/mol. The minimum atomic E-state index is 0.511. The molecule has 0 saturated carbocycles. The van der Waals surface area contributed by atoms with E-state index in [-0.39, 0.29) is 0 Å². The van der Waals surface area contributed by atoms with E-state index >= 15 is 0 Å². The van der Waals surface area contributed by atoms with Crippen molar-refractivity contribution in [2.24, 2.45) is 0 Å². The van der Waals surface area contributed by atoms with Crippen molar-refractivity contribution in [1.29, 1.82) is 0 Å². The van der Waals surface area contributed by atoms with Gasteiger partial charge < -0.3 is 18.0 Å². The number of para-hydroxylation sites is 4. The molecule has 16 aromatic rings. The van der Waals surface area contributed by atoms with Crippen molar-refractivity contribution in [2.75, 3.05) is 0 Å². The molecule has 16 rings (SSSR count). The number of hydrogen-bond donors (Lipinski definition) is 0. The Labute approximate surface area is 440 Å². The predicted molar refractivity (Wildman–Crippen MR) is 312 cm³/mol. The van der Waals surface area contributed by atoms with E-state index in [4.69, 9.17) is 28.8 Å². The standard InChI is InChI=1S/C69H42N6O2/c1-5-19-43(20-6-1)67-71-68(44-21-7-2-8-22-44)73-69(72-67)53-40-42(39-45-23-17-33-56-60(45)62-58(76-56)37-35-50-48-28-13-15-31-54(48)74(65(50)62)46-24-9-3-10-25-46)41-70-64(53)52-30-18-34-57-61(52)63-59(77-57)38-36-51-49-29-14-16-32-55(49)75(66(51)63)47-26-11-4-12-27-47/h1-38,40-41H,39H2. The van der Waals surface area contributed by atoms with Gasteiger partial charge in [-0.15, -0.1) is 0 Å². The van der Waals surface area contributed by atoms with E-state index in [1.54, 1.807) is 0 Å². The van der Waals surface area contributed by atoms with E-state index in [9.17, 15) is 0 Å². The van der Waals surface area contributed by atoms with Crippen molar-refractivity contribution < 1.29 is 8.83 Å². The molecule has 0 amide bonds. The third-order valence-corrected chi connectivity index (χ3v) is 15.2. The van der Waals surface area contributed by atoms with Crippen LogP contribution in [0.3, 0.4) is 0 Å². The lowest BCUT2D eigenvalue weighted by Crippen LogP contribution is -2.03. The first-order chi connectivity index (χ1) is 38.2. The highest BCUT2D eigenvalue weighted by Crippen LogP contribution is 2.47. The first kappa shape index (κ1) is 43.0. The lowest BCUT2D eigenvalue weighted by atomic mass is 9.95. The second-order valence-electron chi connectivity index (χ2n) is 19.7. The number of pyridine rings is 1. The zero-order valence-electron chi connectivity index (χ0n) is 41.3. The van der Waals surface area contributed by atoms with Crippen LogP contribution in [-0.4, -0.2) is 29.1 Å². The van der Waals surface area contributed by atoms with Crippen LogP contribution in [0.1, 0.15) is 11.1 Å². The predicted octanol–water partition coefficient (Wildman–Crippen LogP) is 17.5. The van der Waals surface area contributed by atoms with Crippen molar-refractivity contribution in [3.8, 4) is 56.8 Å². The second-order valence-corrected chi connectivity index (χ2v) is 19.7. The zero-order chi connectivity index (χ0) is 50.6. The summed E-state index contributed by atoms with van der Waals surface area (Å²) in [5, 5.41) is 8.78. The number of furan rings is 2. The highest BCUT2D eigenvalue weighted by molar-refractivity contribution is 6.28. The molecule has 0 saturated heterocycles. The maximum Gasteiger partial charge on any atom is 0.166 e. The highest BCUT2D eigenvalue weighted by atomic mass is 16.3. The van der Waals surface area contributed by atoms with E-state index in [0.29, 0.717) is 23.9 Å². The second kappa shape index (κ2) is 17.1. The molecule has 0 unspecified atom stereocenters. The van der Waals surface area contributed by atoms with Gasteiger partial charge in [0, 0.05) is 72.1 Å². The average Bonchev–Trinajstić information content (AvgIpc) is 4.31. The number of fused-ring (bicyclic) bond motifs is 14. The summed E-state index contributed by atoms with van der Waals surface area (Å²) in [5.41, 5.74) is 16.1. The number of benzene rings is 10. The normalized spacial score (nSPS) is 11.9. The highest BCUT2D eigenvalue weighted by Gasteiger charge is 2.26. The molecule has 0 aliphatic carbocycles. The Hall–Kier alpha value is -10.4. The molecule has 0 aliphatic rings. The molecule has 77 heavy (non-hydrogen) atoms. The maximum atomic E-state index is 6.87. The monoisotopic (exact) mass is 986 g/mol. The molecule has 0 bridgehead atoms. The van der Waals surface area contributed by atoms with Crippen molar-refractivity contribution >= 4 is 87.5 Å². The summed E-state index contributed by atoms with van der Waals surface area (Å²) >= 11 is 0. The summed E-state index contributed by atoms with van der Waals surface area (Å²) in [7, 11) is 0. The molecule has 0 aliphatic heterocycles. The van der Waals surface area contributed by atoms with Gasteiger partial charge in [0.15, 0.2) is 17.5 Å². The van der Waals surface area contributed by atoms with Gasteiger partial charge in [0.25, 0.3) is 0 Å². The topological polar surface area (TPSA) is 87.7 Å². The first-order valence-corrected chi connectivity index (χ1v) is 25.9. The van der Waals surface area contributed by atoms with Crippen LogP contribution in [0.5, 0.6) is 0 Å². The van der Waals surface area contributed by atoms with Gasteiger partial charge in [-0.25, -0.2) is 15.0 Å². The first-order valence-electron chi connectivity index (χ1n) is 25.9. The number of rotatable bonds is 8. The number of nitrogens with zero attached hydrogens (tertiary/aromatic N) is 6.